The second-order valence-corrected chi connectivity index (χ2v) is 5.97. The fraction of sp³-hybridized carbons (Fsp3) is 0.250. The molecule has 0 saturated heterocycles. The number of hydrogen-bond acceptors (Lipinski definition) is 4. The van der Waals surface area contributed by atoms with E-state index in [0.717, 1.165) is 16.7 Å². The van der Waals surface area contributed by atoms with Crippen LogP contribution in [0.4, 0.5) is 0 Å². The third kappa shape index (κ3) is 3.02. The summed E-state index contributed by atoms with van der Waals surface area (Å²) >= 11 is 0. The van der Waals surface area contributed by atoms with Crippen LogP contribution in [0.2, 0.25) is 0 Å². The summed E-state index contributed by atoms with van der Waals surface area (Å²) in [6, 6.07) is 11.9. The Labute approximate surface area is 146 Å². The average molecular weight is 336 g/mol. The maximum absolute atomic E-state index is 12.1. The Hall–Kier alpha value is -3.04. The highest BCUT2D eigenvalue weighted by Crippen LogP contribution is 2.40. The number of aromatic nitrogens is 1. The summed E-state index contributed by atoms with van der Waals surface area (Å²) in [5, 5.41) is 0. The molecule has 1 unspecified atom stereocenters. The molecule has 1 N–H and O–H groups in total. The topological polar surface area (TPSA) is 62.4 Å². The lowest BCUT2D eigenvalue weighted by Crippen LogP contribution is -2.18. The smallest absolute Gasteiger partial charge is 0.354 e. The van der Waals surface area contributed by atoms with Gasteiger partial charge in [-0.15, -0.1) is 0 Å². The van der Waals surface area contributed by atoms with E-state index in [1.54, 1.807) is 24.9 Å². The van der Waals surface area contributed by atoms with Crippen molar-refractivity contribution in [1.82, 2.24) is 9.88 Å². The minimum atomic E-state index is -0.434. The lowest BCUT2D eigenvalue weighted by atomic mass is 9.86. The van der Waals surface area contributed by atoms with Crippen LogP contribution in [0, 0.1) is 0 Å². The van der Waals surface area contributed by atoms with Gasteiger partial charge in [0.15, 0.2) is 11.6 Å². The number of nitrogens with one attached hydrogen (secondary N) is 1. The molecule has 3 rings (SSSR count). The first-order chi connectivity index (χ1) is 12.1. The standard InChI is InChI=1S/C20H20N2O3/c1-4-25-20(24)17-10-15-16(13(2)14-8-6-5-7-9-14)11-22(3)18(12-23)19(15)21-17/h5-11,13,21H,4H2,1-3H3. The van der Waals surface area contributed by atoms with Gasteiger partial charge in [-0.1, -0.05) is 37.3 Å². The molecule has 0 aliphatic carbocycles. The number of hydrogen-bond donors (Lipinski definition) is 1. The zero-order chi connectivity index (χ0) is 18.0. The van der Waals surface area contributed by atoms with Crippen molar-refractivity contribution < 1.29 is 14.3 Å². The first kappa shape index (κ1) is 16.8. The number of H-pyrrole nitrogens is 1. The number of ether oxygens (including phenoxy) is 1. The number of allylic oxidation sites excluding steroid dienone is 1. The van der Waals surface area contributed by atoms with Crippen LogP contribution >= 0.6 is 0 Å². The van der Waals surface area contributed by atoms with Crippen LogP contribution < -0.4 is 0 Å². The predicted molar refractivity (Wildman–Crippen MR) is 96.4 cm³/mol. The van der Waals surface area contributed by atoms with E-state index in [1.165, 1.54) is 0 Å². The number of carbonyl (C=O) groups is 1. The van der Waals surface area contributed by atoms with Gasteiger partial charge < -0.3 is 14.6 Å². The van der Waals surface area contributed by atoms with E-state index in [0.29, 0.717) is 23.7 Å². The summed E-state index contributed by atoms with van der Waals surface area (Å²) in [6.45, 7) is 4.15. The molecule has 25 heavy (non-hydrogen) atoms. The van der Waals surface area contributed by atoms with Gasteiger partial charge in [0.25, 0.3) is 0 Å². The van der Waals surface area contributed by atoms with E-state index in [1.807, 2.05) is 30.3 Å². The predicted octanol–water partition coefficient (Wildman–Crippen LogP) is 3.45. The number of nitrogens with zero attached hydrogens (tertiary/aromatic N) is 1. The van der Waals surface area contributed by atoms with E-state index in [4.69, 9.17) is 4.74 Å². The highest BCUT2D eigenvalue weighted by Gasteiger charge is 2.28. The lowest BCUT2D eigenvalue weighted by molar-refractivity contribution is 0.0520. The van der Waals surface area contributed by atoms with Gasteiger partial charge >= 0.3 is 5.97 Å². The molecule has 128 valence electrons. The van der Waals surface area contributed by atoms with E-state index in [2.05, 4.69) is 24.0 Å². The summed E-state index contributed by atoms with van der Waals surface area (Å²) in [6.07, 6.45) is 1.92. The number of esters is 1. The van der Waals surface area contributed by atoms with Crippen molar-refractivity contribution in [3.8, 4) is 0 Å². The minimum Gasteiger partial charge on any atom is -0.461 e. The monoisotopic (exact) mass is 336 g/mol. The molecule has 2 aromatic rings. The van der Waals surface area contributed by atoms with E-state index < -0.39 is 5.97 Å². The first-order valence-electron chi connectivity index (χ1n) is 8.22. The molecule has 0 saturated carbocycles. The van der Waals surface area contributed by atoms with Gasteiger partial charge in [0, 0.05) is 24.7 Å². The van der Waals surface area contributed by atoms with Crippen molar-refractivity contribution in [2.75, 3.05) is 13.7 Å². The molecule has 1 aromatic heterocycles. The number of benzene rings is 1. The van der Waals surface area contributed by atoms with E-state index in [-0.39, 0.29) is 5.92 Å². The lowest BCUT2D eigenvalue weighted by Gasteiger charge is -2.27. The first-order valence-corrected chi connectivity index (χ1v) is 8.22. The fourth-order valence-corrected chi connectivity index (χ4v) is 3.10. The van der Waals surface area contributed by atoms with Crippen LogP contribution in [-0.4, -0.2) is 35.4 Å². The third-order valence-corrected chi connectivity index (χ3v) is 4.41. The molecule has 0 bridgehead atoms. The second kappa shape index (κ2) is 6.83. The van der Waals surface area contributed by atoms with Gasteiger partial charge in [-0.25, -0.2) is 9.59 Å². The maximum atomic E-state index is 12.1. The Morgan fingerprint density at radius 3 is 2.68 bits per heavy atom. The van der Waals surface area contributed by atoms with Crippen molar-refractivity contribution in [1.29, 1.82) is 0 Å². The second-order valence-electron chi connectivity index (χ2n) is 5.97. The molecule has 1 aromatic carbocycles. The highest BCUT2D eigenvalue weighted by atomic mass is 16.5. The number of rotatable bonds is 4. The summed E-state index contributed by atoms with van der Waals surface area (Å²) in [4.78, 5) is 28.3. The van der Waals surface area contributed by atoms with Gasteiger partial charge in [-0.2, -0.15) is 0 Å². The number of aromatic amines is 1. The molecule has 0 radical (unpaired) electrons. The normalized spacial score (nSPS) is 14.4. The molecular weight excluding hydrogens is 316 g/mol. The van der Waals surface area contributed by atoms with Crippen molar-refractivity contribution in [2.24, 2.45) is 0 Å². The van der Waals surface area contributed by atoms with Crippen molar-refractivity contribution >= 4 is 23.2 Å². The Morgan fingerprint density at radius 1 is 1.32 bits per heavy atom. The van der Waals surface area contributed by atoms with Crippen LogP contribution in [0.1, 0.15) is 47.1 Å². The third-order valence-electron chi connectivity index (χ3n) is 4.41. The van der Waals surface area contributed by atoms with Gasteiger partial charge in [0.05, 0.1) is 12.3 Å². The Kier molecular flexibility index (Phi) is 4.59. The summed E-state index contributed by atoms with van der Waals surface area (Å²) in [5.74, 6) is 1.62. The van der Waals surface area contributed by atoms with Gasteiger partial charge in [0.1, 0.15) is 5.69 Å². The van der Waals surface area contributed by atoms with Crippen molar-refractivity contribution in [3.05, 3.63) is 65.1 Å². The Balaban J connectivity index is 2.10. The Morgan fingerprint density at radius 2 is 2.04 bits per heavy atom. The minimum absolute atomic E-state index is 0.0986. The molecule has 0 amide bonds. The molecule has 5 nitrogen and oxygen atoms in total. The van der Waals surface area contributed by atoms with Crippen LogP contribution in [0.15, 0.2) is 42.6 Å². The van der Waals surface area contributed by atoms with Crippen LogP contribution in [0.5, 0.6) is 0 Å². The van der Waals surface area contributed by atoms with E-state index >= 15 is 0 Å². The van der Waals surface area contributed by atoms with E-state index in [9.17, 15) is 9.59 Å². The van der Waals surface area contributed by atoms with Gasteiger partial charge in [-0.3, -0.25) is 0 Å². The molecule has 2 heterocycles. The molecule has 5 heteroatoms. The fourth-order valence-electron chi connectivity index (χ4n) is 3.10. The molecule has 0 spiro atoms. The Bertz CT molecular complexity index is 874. The zero-order valence-electron chi connectivity index (χ0n) is 14.5. The summed E-state index contributed by atoms with van der Waals surface area (Å²) < 4.78 is 5.07. The highest BCUT2D eigenvalue weighted by molar-refractivity contribution is 5.98. The van der Waals surface area contributed by atoms with Crippen LogP contribution in [0.25, 0.3) is 11.3 Å². The van der Waals surface area contributed by atoms with Crippen LogP contribution in [-0.2, 0) is 9.53 Å². The van der Waals surface area contributed by atoms with Gasteiger partial charge in [-0.05, 0) is 24.1 Å². The molecule has 1 aliphatic heterocycles. The van der Waals surface area contributed by atoms with Crippen molar-refractivity contribution in [2.45, 2.75) is 19.8 Å². The number of carbonyl (C=O) groups excluding carboxylic acids is 2. The zero-order valence-corrected chi connectivity index (χ0v) is 14.5. The molecule has 1 aliphatic rings. The SMILES string of the molecule is CCOC(=O)c1cc2c([nH]1)C(=C=O)N(C)C=C2C(C)c1ccccc1. The molecule has 0 fully saturated rings. The average Bonchev–Trinajstić information content (AvgIpc) is 3.06. The summed E-state index contributed by atoms with van der Waals surface area (Å²) in [7, 11) is 1.80. The van der Waals surface area contributed by atoms with Crippen LogP contribution in [0.3, 0.4) is 0 Å². The quantitative estimate of drug-likeness (QED) is 0.686. The summed E-state index contributed by atoms with van der Waals surface area (Å²) in [5.41, 5.74) is 4.31. The molecule has 1 atom stereocenters. The maximum Gasteiger partial charge on any atom is 0.354 e. The largest absolute Gasteiger partial charge is 0.461 e. The van der Waals surface area contributed by atoms with Crippen molar-refractivity contribution in [3.63, 3.8) is 0 Å². The molecular formula is C20H20N2O3. The van der Waals surface area contributed by atoms with Gasteiger partial charge in [0.2, 0.25) is 0 Å². The number of fused-ring (bicyclic) bond motifs is 1.